The Balaban J connectivity index is 1.85. The first-order valence-corrected chi connectivity index (χ1v) is 11.2. The lowest BCUT2D eigenvalue weighted by Crippen LogP contribution is -2.14. The zero-order valence-electron chi connectivity index (χ0n) is 17.7. The van der Waals surface area contributed by atoms with E-state index in [1.54, 1.807) is 12.1 Å². The van der Waals surface area contributed by atoms with Crippen LogP contribution in [0.3, 0.4) is 0 Å². The standard InChI is InChI=1S/C24H17ClIN3O5/c1-33-22-11-16(10-19(26)23(22)34-14-15-5-3-2-4-6-15)9-17(13-27)24(30)28-20-8-7-18(25)12-21(20)29(31)32/h2-12H,14H2,1H3,(H,28,30). The molecule has 1 N–H and O–H groups in total. The Morgan fingerprint density at radius 1 is 1.24 bits per heavy atom. The molecule has 0 aliphatic carbocycles. The average molecular weight is 590 g/mol. The van der Waals surface area contributed by atoms with Crippen LogP contribution in [0.25, 0.3) is 6.08 Å². The number of halogens is 2. The van der Waals surface area contributed by atoms with Crippen molar-refractivity contribution < 1.29 is 19.2 Å². The Kier molecular flexibility index (Phi) is 8.45. The van der Waals surface area contributed by atoms with Crippen LogP contribution in [0, 0.1) is 25.0 Å². The number of nitro benzene ring substituents is 1. The summed E-state index contributed by atoms with van der Waals surface area (Å²) in [6.45, 7) is 0.341. The van der Waals surface area contributed by atoms with E-state index in [2.05, 4.69) is 27.9 Å². The van der Waals surface area contributed by atoms with Gasteiger partial charge in [0.05, 0.1) is 15.6 Å². The first-order valence-electron chi connectivity index (χ1n) is 9.73. The number of nitrogens with zero attached hydrogens (tertiary/aromatic N) is 2. The van der Waals surface area contributed by atoms with Gasteiger partial charge < -0.3 is 14.8 Å². The summed E-state index contributed by atoms with van der Waals surface area (Å²) >= 11 is 7.89. The van der Waals surface area contributed by atoms with Crippen molar-refractivity contribution in [3.63, 3.8) is 0 Å². The molecule has 10 heteroatoms. The fourth-order valence-electron chi connectivity index (χ4n) is 2.96. The number of ether oxygens (including phenoxy) is 2. The van der Waals surface area contributed by atoms with E-state index >= 15 is 0 Å². The highest BCUT2D eigenvalue weighted by Gasteiger charge is 2.19. The minimum Gasteiger partial charge on any atom is -0.493 e. The zero-order valence-corrected chi connectivity index (χ0v) is 20.7. The van der Waals surface area contributed by atoms with Crippen LogP contribution >= 0.6 is 34.2 Å². The molecule has 172 valence electrons. The van der Waals surface area contributed by atoms with Crippen LogP contribution in [0.4, 0.5) is 11.4 Å². The Hall–Kier alpha value is -3.62. The van der Waals surface area contributed by atoms with Crippen molar-refractivity contribution in [3.05, 3.63) is 96.1 Å². The molecular formula is C24H17ClIN3O5. The second kappa shape index (κ2) is 11.5. The number of nitriles is 1. The molecule has 0 heterocycles. The van der Waals surface area contributed by atoms with Gasteiger partial charge in [0.1, 0.15) is 23.9 Å². The van der Waals surface area contributed by atoms with Gasteiger partial charge in [-0.25, -0.2) is 0 Å². The SMILES string of the molecule is COc1cc(C=C(C#N)C(=O)Nc2ccc(Cl)cc2[N+](=O)[O-])cc(I)c1OCc1ccccc1. The maximum Gasteiger partial charge on any atom is 0.294 e. The number of amides is 1. The Labute approximate surface area is 214 Å². The predicted molar refractivity (Wildman–Crippen MR) is 137 cm³/mol. The number of methoxy groups -OCH3 is 1. The highest BCUT2D eigenvalue weighted by Crippen LogP contribution is 2.35. The van der Waals surface area contributed by atoms with E-state index in [1.165, 1.54) is 25.3 Å². The number of nitrogens with one attached hydrogen (secondary N) is 1. The molecule has 0 unspecified atom stereocenters. The fourth-order valence-corrected chi connectivity index (χ4v) is 3.91. The van der Waals surface area contributed by atoms with Gasteiger partial charge in [0, 0.05) is 11.1 Å². The summed E-state index contributed by atoms with van der Waals surface area (Å²) in [6, 6.07) is 18.7. The van der Waals surface area contributed by atoms with Crippen LogP contribution in [0.2, 0.25) is 5.02 Å². The molecule has 1 amide bonds. The number of carbonyl (C=O) groups excluding carboxylic acids is 1. The van der Waals surface area contributed by atoms with Crippen LogP contribution in [0.1, 0.15) is 11.1 Å². The van der Waals surface area contributed by atoms with Gasteiger partial charge in [-0.05, 0) is 64.1 Å². The minimum atomic E-state index is -0.800. The van der Waals surface area contributed by atoms with Gasteiger partial charge in [-0.2, -0.15) is 5.26 Å². The van der Waals surface area contributed by atoms with E-state index < -0.39 is 10.8 Å². The monoisotopic (exact) mass is 589 g/mol. The van der Waals surface area contributed by atoms with Gasteiger partial charge in [0.25, 0.3) is 11.6 Å². The average Bonchev–Trinajstić information content (AvgIpc) is 2.83. The lowest BCUT2D eigenvalue weighted by molar-refractivity contribution is -0.383. The zero-order chi connectivity index (χ0) is 24.7. The summed E-state index contributed by atoms with van der Waals surface area (Å²) in [7, 11) is 1.49. The first kappa shape index (κ1) is 25.0. The normalized spacial score (nSPS) is 10.8. The molecule has 0 aliphatic rings. The predicted octanol–water partition coefficient (Wildman–Crippen LogP) is 5.99. The van der Waals surface area contributed by atoms with E-state index in [0.29, 0.717) is 27.2 Å². The molecule has 0 aromatic heterocycles. The third kappa shape index (κ3) is 6.24. The maximum absolute atomic E-state index is 12.7. The van der Waals surface area contributed by atoms with Gasteiger partial charge >= 0.3 is 0 Å². The third-order valence-corrected chi connectivity index (χ3v) is 5.59. The van der Waals surface area contributed by atoms with Crippen molar-refractivity contribution in [1.82, 2.24) is 0 Å². The number of anilines is 1. The maximum atomic E-state index is 12.7. The molecule has 3 aromatic carbocycles. The van der Waals surface area contributed by atoms with E-state index in [-0.39, 0.29) is 22.0 Å². The molecule has 0 bridgehead atoms. The van der Waals surface area contributed by atoms with Crippen molar-refractivity contribution in [2.45, 2.75) is 6.61 Å². The molecule has 0 atom stereocenters. The lowest BCUT2D eigenvalue weighted by Gasteiger charge is -2.14. The summed E-state index contributed by atoms with van der Waals surface area (Å²) < 4.78 is 12.1. The molecule has 3 aromatic rings. The molecule has 0 saturated heterocycles. The number of benzene rings is 3. The Morgan fingerprint density at radius 2 is 1.97 bits per heavy atom. The molecule has 34 heavy (non-hydrogen) atoms. The summed E-state index contributed by atoms with van der Waals surface area (Å²) in [4.78, 5) is 23.2. The van der Waals surface area contributed by atoms with Crippen LogP contribution in [-0.4, -0.2) is 17.9 Å². The van der Waals surface area contributed by atoms with E-state index in [0.717, 1.165) is 11.6 Å². The van der Waals surface area contributed by atoms with E-state index in [1.807, 2.05) is 36.4 Å². The van der Waals surface area contributed by atoms with Crippen molar-refractivity contribution in [1.29, 1.82) is 5.26 Å². The number of nitro groups is 1. The number of hydrogen-bond acceptors (Lipinski definition) is 6. The van der Waals surface area contributed by atoms with Crippen LogP contribution in [0.5, 0.6) is 11.5 Å². The van der Waals surface area contributed by atoms with Gasteiger partial charge in [0.15, 0.2) is 11.5 Å². The fraction of sp³-hybridized carbons (Fsp3) is 0.0833. The molecule has 0 saturated carbocycles. The molecule has 3 rings (SSSR count). The lowest BCUT2D eigenvalue weighted by atomic mass is 10.1. The minimum absolute atomic E-state index is 0.0719. The van der Waals surface area contributed by atoms with Crippen molar-refractivity contribution >= 4 is 57.5 Å². The molecule has 0 spiro atoms. The summed E-state index contributed by atoms with van der Waals surface area (Å²) in [5.74, 6) is 0.162. The molecule has 0 fully saturated rings. The highest BCUT2D eigenvalue weighted by atomic mass is 127. The second-order valence-corrected chi connectivity index (χ2v) is 8.45. The summed E-state index contributed by atoms with van der Waals surface area (Å²) in [5.41, 5.74) is 0.807. The van der Waals surface area contributed by atoms with Crippen LogP contribution in [-0.2, 0) is 11.4 Å². The first-order chi connectivity index (χ1) is 16.3. The van der Waals surface area contributed by atoms with E-state index in [4.69, 9.17) is 21.1 Å². The number of carbonyl (C=O) groups is 1. The quantitative estimate of drug-likeness (QED) is 0.114. The molecule has 8 nitrogen and oxygen atoms in total. The number of rotatable bonds is 8. The van der Waals surface area contributed by atoms with Gasteiger partial charge in [-0.15, -0.1) is 0 Å². The topological polar surface area (TPSA) is 114 Å². The van der Waals surface area contributed by atoms with Crippen LogP contribution in [0.15, 0.2) is 66.2 Å². The molecule has 0 radical (unpaired) electrons. The van der Waals surface area contributed by atoms with Crippen LogP contribution < -0.4 is 14.8 Å². The molecular weight excluding hydrogens is 573 g/mol. The van der Waals surface area contributed by atoms with Crippen molar-refractivity contribution in [2.24, 2.45) is 0 Å². The Bertz CT molecular complexity index is 1310. The third-order valence-electron chi connectivity index (χ3n) is 4.56. The van der Waals surface area contributed by atoms with Gasteiger partial charge in [-0.3, -0.25) is 14.9 Å². The molecule has 0 aliphatic heterocycles. The van der Waals surface area contributed by atoms with Gasteiger partial charge in [0.2, 0.25) is 0 Å². The number of hydrogen-bond donors (Lipinski definition) is 1. The second-order valence-electron chi connectivity index (χ2n) is 6.85. The van der Waals surface area contributed by atoms with Crippen molar-refractivity contribution in [3.8, 4) is 17.6 Å². The summed E-state index contributed by atoms with van der Waals surface area (Å²) in [6.07, 6.45) is 1.36. The van der Waals surface area contributed by atoms with Gasteiger partial charge in [-0.1, -0.05) is 41.9 Å². The van der Waals surface area contributed by atoms with E-state index in [9.17, 15) is 20.2 Å². The Morgan fingerprint density at radius 3 is 2.62 bits per heavy atom. The highest BCUT2D eigenvalue weighted by molar-refractivity contribution is 14.1. The van der Waals surface area contributed by atoms with Crippen molar-refractivity contribution in [2.75, 3.05) is 12.4 Å². The summed E-state index contributed by atoms with van der Waals surface area (Å²) in [5, 5.41) is 23.3. The largest absolute Gasteiger partial charge is 0.493 e. The smallest absolute Gasteiger partial charge is 0.294 e.